The van der Waals surface area contributed by atoms with E-state index in [-0.39, 0.29) is 30.9 Å². The first kappa shape index (κ1) is 24.9. The van der Waals surface area contributed by atoms with E-state index in [0.29, 0.717) is 16.4 Å². The Morgan fingerprint density at radius 1 is 0.944 bits per heavy atom. The summed E-state index contributed by atoms with van der Waals surface area (Å²) in [5, 5.41) is 12.0. The first-order chi connectivity index (χ1) is 17.4. The predicted molar refractivity (Wildman–Crippen MR) is 134 cm³/mol. The third-order valence-electron chi connectivity index (χ3n) is 5.75. The second kappa shape index (κ2) is 11.0. The maximum absolute atomic E-state index is 13.4. The SMILES string of the molecule is O=C(CCC1C(=O)N(c2ccc(Cl)cc2)C(=O)N1Cc1ccccc1)Nc1cccc(C(=O)NO)c1. The van der Waals surface area contributed by atoms with Gasteiger partial charge in [0.2, 0.25) is 5.91 Å². The second-order valence-electron chi connectivity index (χ2n) is 8.17. The Labute approximate surface area is 212 Å². The number of benzene rings is 3. The third-order valence-corrected chi connectivity index (χ3v) is 6.01. The molecule has 1 saturated heterocycles. The van der Waals surface area contributed by atoms with Gasteiger partial charge in [-0.05, 0) is 54.4 Å². The van der Waals surface area contributed by atoms with Gasteiger partial charge >= 0.3 is 6.03 Å². The normalized spacial score (nSPS) is 15.2. The molecule has 0 spiro atoms. The highest BCUT2D eigenvalue weighted by molar-refractivity contribution is 6.30. The molecular weight excluding hydrogens is 484 g/mol. The van der Waals surface area contributed by atoms with Crippen molar-refractivity contribution in [2.24, 2.45) is 0 Å². The smallest absolute Gasteiger partial charge is 0.326 e. The Balaban J connectivity index is 1.50. The first-order valence-electron chi connectivity index (χ1n) is 11.2. The lowest BCUT2D eigenvalue weighted by Crippen LogP contribution is -2.35. The van der Waals surface area contributed by atoms with Gasteiger partial charge in [0.1, 0.15) is 6.04 Å². The van der Waals surface area contributed by atoms with Crippen LogP contribution in [0.25, 0.3) is 0 Å². The highest BCUT2D eigenvalue weighted by Gasteiger charge is 2.45. The molecule has 1 aliphatic heterocycles. The zero-order valence-electron chi connectivity index (χ0n) is 19.1. The molecule has 0 saturated carbocycles. The Kier molecular flexibility index (Phi) is 7.62. The zero-order chi connectivity index (χ0) is 25.7. The van der Waals surface area contributed by atoms with Gasteiger partial charge in [-0.2, -0.15) is 0 Å². The molecule has 0 aliphatic carbocycles. The molecule has 0 aromatic heterocycles. The molecule has 3 aromatic rings. The molecule has 3 aromatic carbocycles. The van der Waals surface area contributed by atoms with Crippen LogP contribution in [-0.4, -0.2) is 39.9 Å². The van der Waals surface area contributed by atoms with E-state index in [1.807, 2.05) is 30.3 Å². The van der Waals surface area contributed by atoms with Crippen molar-refractivity contribution in [2.75, 3.05) is 10.2 Å². The summed E-state index contributed by atoms with van der Waals surface area (Å²) < 4.78 is 0. The average molecular weight is 507 g/mol. The number of nitrogens with zero attached hydrogens (tertiary/aromatic N) is 2. The van der Waals surface area contributed by atoms with Gasteiger partial charge in [-0.1, -0.05) is 48.0 Å². The molecule has 5 amide bonds. The van der Waals surface area contributed by atoms with E-state index < -0.39 is 23.9 Å². The van der Waals surface area contributed by atoms with Crippen LogP contribution in [0.15, 0.2) is 78.9 Å². The van der Waals surface area contributed by atoms with Crippen LogP contribution in [0.4, 0.5) is 16.2 Å². The van der Waals surface area contributed by atoms with Crippen molar-refractivity contribution in [1.82, 2.24) is 10.4 Å². The van der Waals surface area contributed by atoms with E-state index in [9.17, 15) is 19.2 Å². The summed E-state index contributed by atoms with van der Waals surface area (Å²) in [6, 6.07) is 20.4. The molecule has 0 radical (unpaired) electrons. The lowest BCUT2D eigenvalue weighted by Gasteiger charge is -2.22. The summed E-state index contributed by atoms with van der Waals surface area (Å²) in [5.41, 5.74) is 3.32. The molecule has 1 fully saturated rings. The number of hydrogen-bond acceptors (Lipinski definition) is 5. The number of carbonyl (C=O) groups is 4. The number of hydroxylamine groups is 1. The Morgan fingerprint density at radius 3 is 2.36 bits per heavy atom. The summed E-state index contributed by atoms with van der Waals surface area (Å²) in [6.45, 7) is 0.208. The zero-order valence-corrected chi connectivity index (χ0v) is 19.8. The van der Waals surface area contributed by atoms with Gasteiger partial charge in [0, 0.05) is 29.2 Å². The van der Waals surface area contributed by atoms with E-state index in [4.69, 9.17) is 16.8 Å². The number of nitrogens with one attached hydrogen (secondary N) is 2. The van der Waals surface area contributed by atoms with Crippen LogP contribution < -0.4 is 15.7 Å². The molecule has 1 aliphatic rings. The van der Waals surface area contributed by atoms with Crippen LogP contribution in [0.1, 0.15) is 28.8 Å². The van der Waals surface area contributed by atoms with Gasteiger partial charge in [0.15, 0.2) is 0 Å². The van der Waals surface area contributed by atoms with Gasteiger partial charge in [-0.25, -0.2) is 15.2 Å². The molecule has 1 atom stereocenters. The van der Waals surface area contributed by atoms with Crippen molar-refractivity contribution in [2.45, 2.75) is 25.4 Å². The van der Waals surface area contributed by atoms with Crippen LogP contribution in [0.2, 0.25) is 5.02 Å². The molecule has 0 bridgehead atoms. The molecule has 184 valence electrons. The Bertz CT molecular complexity index is 1280. The topological polar surface area (TPSA) is 119 Å². The first-order valence-corrected chi connectivity index (χ1v) is 11.5. The van der Waals surface area contributed by atoms with Gasteiger partial charge in [-0.3, -0.25) is 19.6 Å². The van der Waals surface area contributed by atoms with Gasteiger partial charge < -0.3 is 10.2 Å². The fourth-order valence-electron chi connectivity index (χ4n) is 4.00. The van der Waals surface area contributed by atoms with Crippen molar-refractivity contribution in [3.05, 3.63) is 95.0 Å². The molecule has 36 heavy (non-hydrogen) atoms. The number of carbonyl (C=O) groups excluding carboxylic acids is 4. The van der Waals surface area contributed by atoms with Crippen LogP contribution in [-0.2, 0) is 16.1 Å². The molecule has 10 heteroatoms. The van der Waals surface area contributed by atoms with Crippen molar-refractivity contribution in [1.29, 1.82) is 0 Å². The lowest BCUT2D eigenvalue weighted by molar-refractivity contribution is -0.120. The lowest BCUT2D eigenvalue weighted by atomic mass is 10.1. The summed E-state index contributed by atoms with van der Waals surface area (Å²) in [7, 11) is 0. The molecule has 4 rings (SSSR count). The number of rotatable bonds is 8. The molecule has 9 nitrogen and oxygen atoms in total. The van der Waals surface area contributed by atoms with E-state index in [1.165, 1.54) is 22.5 Å². The molecule has 1 heterocycles. The van der Waals surface area contributed by atoms with E-state index in [2.05, 4.69) is 5.32 Å². The van der Waals surface area contributed by atoms with Crippen LogP contribution in [0.3, 0.4) is 0 Å². The number of hydrogen-bond donors (Lipinski definition) is 3. The molecule has 1 unspecified atom stereocenters. The van der Waals surface area contributed by atoms with Crippen molar-refractivity contribution >= 4 is 46.7 Å². The quantitative estimate of drug-likeness (QED) is 0.240. The van der Waals surface area contributed by atoms with Crippen molar-refractivity contribution in [3.8, 4) is 0 Å². The van der Waals surface area contributed by atoms with Crippen LogP contribution >= 0.6 is 11.6 Å². The summed E-state index contributed by atoms with van der Waals surface area (Å²) in [6.07, 6.45) is 0.0595. The van der Waals surface area contributed by atoms with Gasteiger partial charge in [0.05, 0.1) is 5.69 Å². The number of anilines is 2. The minimum atomic E-state index is -0.842. The number of halogens is 1. The monoisotopic (exact) mass is 506 g/mol. The highest BCUT2D eigenvalue weighted by Crippen LogP contribution is 2.30. The van der Waals surface area contributed by atoms with Crippen molar-refractivity contribution in [3.63, 3.8) is 0 Å². The Morgan fingerprint density at radius 2 is 1.67 bits per heavy atom. The fraction of sp³-hybridized carbons (Fsp3) is 0.154. The number of amides is 5. The van der Waals surface area contributed by atoms with E-state index in [0.717, 1.165) is 10.5 Å². The van der Waals surface area contributed by atoms with E-state index in [1.54, 1.807) is 36.4 Å². The number of imide groups is 1. The fourth-order valence-corrected chi connectivity index (χ4v) is 4.12. The minimum absolute atomic E-state index is 0.0418. The third kappa shape index (κ3) is 5.54. The second-order valence-corrected chi connectivity index (χ2v) is 8.61. The molecular formula is C26H23ClN4O5. The highest BCUT2D eigenvalue weighted by atomic mass is 35.5. The number of urea groups is 1. The standard InChI is InChI=1S/C26H23ClN4O5/c27-19-9-11-21(12-10-19)31-25(34)22(30(26(31)35)16-17-5-2-1-3-6-17)13-14-23(32)28-20-8-4-7-18(15-20)24(33)29-36/h1-12,15,22,36H,13-14,16H2,(H,28,32)(H,29,33). The van der Waals surface area contributed by atoms with Gasteiger partial charge in [0.25, 0.3) is 11.8 Å². The average Bonchev–Trinajstić information content (AvgIpc) is 3.12. The van der Waals surface area contributed by atoms with Crippen molar-refractivity contribution < 1.29 is 24.4 Å². The Hall–Kier alpha value is -4.21. The molecule has 3 N–H and O–H groups in total. The van der Waals surface area contributed by atoms with Crippen LogP contribution in [0, 0.1) is 0 Å². The largest absolute Gasteiger partial charge is 0.332 e. The van der Waals surface area contributed by atoms with Crippen LogP contribution in [0.5, 0.6) is 0 Å². The minimum Gasteiger partial charge on any atom is -0.326 e. The van der Waals surface area contributed by atoms with E-state index >= 15 is 0 Å². The maximum Gasteiger partial charge on any atom is 0.332 e. The predicted octanol–water partition coefficient (Wildman–Crippen LogP) is 4.22. The maximum atomic E-state index is 13.4. The summed E-state index contributed by atoms with van der Waals surface area (Å²) >= 11 is 5.96. The van der Waals surface area contributed by atoms with Gasteiger partial charge in [-0.15, -0.1) is 0 Å². The summed E-state index contributed by atoms with van der Waals surface area (Å²) in [5.74, 6) is -1.52. The summed E-state index contributed by atoms with van der Waals surface area (Å²) in [4.78, 5) is 53.5.